The number of unbranched alkanes of at least 4 members (excludes halogenated alkanes) is 1. The predicted molar refractivity (Wildman–Crippen MR) is 141 cm³/mol. The second-order valence-electron chi connectivity index (χ2n) is 8.05. The van der Waals surface area contributed by atoms with E-state index in [2.05, 4.69) is 20.7 Å². The normalized spacial score (nSPS) is 11.8. The van der Waals surface area contributed by atoms with Crippen molar-refractivity contribution < 1.29 is 23.8 Å². The lowest BCUT2D eigenvalue weighted by atomic mass is 10.1. The maximum atomic E-state index is 13.0. The zero-order valence-corrected chi connectivity index (χ0v) is 21.9. The Morgan fingerprint density at radius 3 is 2.17 bits per heavy atom. The third-order valence-electron chi connectivity index (χ3n) is 5.86. The van der Waals surface area contributed by atoms with Gasteiger partial charge >= 0.3 is 0 Å². The average Bonchev–Trinajstić information content (AvgIpc) is 2.91. The number of hydrogen-bond acceptors (Lipinski definition) is 7. The first-order chi connectivity index (χ1) is 17.5. The van der Waals surface area contributed by atoms with Gasteiger partial charge in [-0.05, 0) is 56.6 Å². The Kier molecular flexibility index (Phi) is 12.3. The number of nitrogens with zero attached hydrogens (tertiary/aromatic N) is 2. The lowest BCUT2D eigenvalue weighted by Gasteiger charge is -2.28. The van der Waals surface area contributed by atoms with E-state index in [9.17, 15) is 9.59 Å². The topological polar surface area (TPSA) is 101 Å². The Bertz CT molecular complexity index is 968. The van der Waals surface area contributed by atoms with Crippen LogP contribution in [0.15, 0.2) is 47.6 Å². The molecule has 2 N–H and O–H groups in total. The van der Waals surface area contributed by atoms with Crippen LogP contribution in [0.2, 0.25) is 0 Å². The van der Waals surface area contributed by atoms with E-state index in [0.717, 1.165) is 25.9 Å². The van der Waals surface area contributed by atoms with Gasteiger partial charge in [-0.15, -0.1) is 0 Å². The second kappa shape index (κ2) is 15.4. The number of carbonyl (C=O) groups excluding carboxylic acids is 2. The number of methoxy groups -OCH3 is 3. The van der Waals surface area contributed by atoms with E-state index in [-0.39, 0.29) is 17.9 Å². The van der Waals surface area contributed by atoms with Gasteiger partial charge in [0.2, 0.25) is 5.75 Å². The summed E-state index contributed by atoms with van der Waals surface area (Å²) in [6.45, 7) is 6.11. The Balaban J connectivity index is 1.94. The molecule has 2 rings (SSSR count). The van der Waals surface area contributed by atoms with Crippen molar-refractivity contribution in [3.05, 3.63) is 53.6 Å². The van der Waals surface area contributed by atoms with Gasteiger partial charge in [-0.2, -0.15) is 5.10 Å². The first-order valence-corrected chi connectivity index (χ1v) is 12.2. The molecule has 2 aromatic carbocycles. The number of ether oxygens (including phenoxy) is 3. The van der Waals surface area contributed by atoms with E-state index in [0.29, 0.717) is 41.3 Å². The number of carbonyl (C=O) groups is 2. The van der Waals surface area contributed by atoms with Gasteiger partial charge in [0.1, 0.15) is 0 Å². The van der Waals surface area contributed by atoms with Crippen LogP contribution in [0.5, 0.6) is 17.2 Å². The minimum atomic E-state index is -0.318. The van der Waals surface area contributed by atoms with Crippen molar-refractivity contribution >= 4 is 18.0 Å². The number of likely N-dealkylation sites (N-methyl/N-ethyl adjacent to an activating group) is 1. The van der Waals surface area contributed by atoms with Crippen LogP contribution in [0, 0.1) is 0 Å². The van der Waals surface area contributed by atoms with E-state index in [1.54, 1.807) is 51.8 Å². The fourth-order valence-corrected chi connectivity index (χ4v) is 3.92. The number of rotatable bonds is 15. The summed E-state index contributed by atoms with van der Waals surface area (Å²) < 4.78 is 16.1. The number of hydrazone groups is 1. The molecule has 1 atom stereocenters. The SMILES string of the molecule is CCN(CC)C(CCCCNC(=O)c1ccccc1)C(=O)N/N=C/c1cc(OC)c(OC)c(OC)c1. The predicted octanol–water partition coefficient (Wildman–Crippen LogP) is 3.47. The molecule has 1 unspecified atom stereocenters. The summed E-state index contributed by atoms with van der Waals surface area (Å²) in [5, 5.41) is 7.09. The second-order valence-corrected chi connectivity index (χ2v) is 8.05. The Labute approximate surface area is 213 Å². The summed E-state index contributed by atoms with van der Waals surface area (Å²) in [7, 11) is 4.63. The first kappa shape index (κ1) is 28.6. The molecule has 0 aliphatic heterocycles. The number of amides is 2. The van der Waals surface area contributed by atoms with Crippen molar-refractivity contribution in [1.29, 1.82) is 0 Å². The fourth-order valence-electron chi connectivity index (χ4n) is 3.92. The number of nitrogens with one attached hydrogen (secondary N) is 2. The average molecular weight is 499 g/mol. The Hall–Kier alpha value is -3.59. The Morgan fingerprint density at radius 2 is 1.61 bits per heavy atom. The lowest BCUT2D eigenvalue weighted by molar-refractivity contribution is -0.126. The van der Waals surface area contributed by atoms with Crippen LogP contribution in [0.25, 0.3) is 0 Å². The van der Waals surface area contributed by atoms with E-state index in [1.165, 1.54) is 0 Å². The van der Waals surface area contributed by atoms with Crippen LogP contribution in [0.3, 0.4) is 0 Å². The molecule has 0 saturated heterocycles. The molecule has 0 aliphatic rings. The van der Waals surface area contributed by atoms with Gasteiger partial charge < -0.3 is 19.5 Å². The molecule has 0 fully saturated rings. The highest BCUT2D eigenvalue weighted by atomic mass is 16.5. The molecule has 196 valence electrons. The van der Waals surface area contributed by atoms with Crippen molar-refractivity contribution in [2.24, 2.45) is 5.10 Å². The quantitative estimate of drug-likeness (QED) is 0.222. The molecule has 36 heavy (non-hydrogen) atoms. The molecular weight excluding hydrogens is 460 g/mol. The summed E-state index contributed by atoms with van der Waals surface area (Å²) >= 11 is 0. The molecule has 0 heterocycles. The van der Waals surface area contributed by atoms with Gasteiger partial charge in [-0.1, -0.05) is 32.0 Å². The first-order valence-electron chi connectivity index (χ1n) is 12.2. The monoisotopic (exact) mass is 498 g/mol. The van der Waals surface area contributed by atoms with Gasteiger partial charge in [-0.25, -0.2) is 5.43 Å². The van der Waals surface area contributed by atoms with Crippen molar-refractivity contribution in [1.82, 2.24) is 15.6 Å². The van der Waals surface area contributed by atoms with Crippen LogP contribution in [0.1, 0.15) is 49.0 Å². The van der Waals surface area contributed by atoms with Crippen LogP contribution in [0.4, 0.5) is 0 Å². The van der Waals surface area contributed by atoms with E-state index in [4.69, 9.17) is 14.2 Å². The molecule has 0 bridgehead atoms. The van der Waals surface area contributed by atoms with Gasteiger partial charge in [0, 0.05) is 17.7 Å². The summed E-state index contributed by atoms with van der Waals surface area (Å²) in [5.74, 6) is 1.24. The number of hydrogen-bond donors (Lipinski definition) is 2. The lowest BCUT2D eigenvalue weighted by Crippen LogP contribution is -2.45. The van der Waals surface area contributed by atoms with Crippen LogP contribution < -0.4 is 25.0 Å². The molecule has 9 nitrogen and oxygen atoms in total. The van der Waals surface area contributed by atoms with Gasteiger partial charge in [0.25, 0.3) is 11.8 Å². The minimum absolute atomic E-state index is 0.0882. The van der Waals surface area contributed by atoms with Crippen molar-refractivity contribution in [2.45, 2.75) is 39.2 Å². The van der Waals surface area contributed by atoms with Crippen molar-refractivity contribution in [3.63, 3.8) is 0 Å². The highest BCUT2D eigenvalue weighted by molar-refractivity contribution is 5.94. The Morgan fingerprint density at radius 1 is 0.972 bits per heavy atom. The van der Waals surface area contributed by atoms with Crippen LogP contribution in [-0.4, -0.2) is 69.9 Å². The van der Waals surface area contributed by atoms with Gasteiger partial charge in [-0.3, -0.25) is 14.5 Å². The van der Waals surface area contributed by atoms with Gasteiger partial charge in [0.05, 0.1) is 33.6 Å². The highest BCUT2D eigenvalue weighted by Gasteiger charge is 2.23. The molecule has 9 heteroatoms. The van der Waals surface area contributed by atoms with E-state index in [1.807, 2.05) is 32.0 Å². The summed E-state index contributed by atoms with van der Waals surface area (Å²) in [6.07, 6.45) is 3.77. The third kappa shape index (κ3) is 8.27. The maximum absolute atomic E-state index is 13.0. The van der Waals surface area contributed by atoms with Crippen LogP contribution in [-0.2, 0) is 4.79 Å². The molecule has 2 amide bonds. The minimum Gasteiger partial charge on any atom is -0.493 e. The maximum Gasteiger partial charge on any atom is 0.257 e. The largest absolute Gasteiger partial charge is 0.493 e. The van der Waals surface area contributed by atoms with E-state index >= 15 is 0 Å². The summed E-state index contributed by atoms with van der Waals surface area (Å²) in [5.41, 5.74) is 4.01. The molecule has 0 radical (unpaired) electrons. The van der Waals surface area contributed by atoms with Gasteiger partial charge in [0.15, 0.2) is 11.5 Å². The number of benzene rings is 2. The van der Waals surface area contributed by atoms with Crippen LogP contribution >= 0.6 is 0 Å². The highest BCUT2D eigenvalue weighted by Crippen LogP contribution is 2.37. The molecule has 2 aromatic rings. The fraction of sp³-hybridized carbons (Fsp3) is 0.444. The van der Waals surface area contributed by atoms with Crippen molar-refractivity contribution in [2.75, 3.05) is 41.0 Å². The molecule has 0 aliphatic carbocycles. The standard InChI is InChI=1S/C27H38N4O5/c1-6-31(7-2)22(15-11-12-16-28-26(32)21-13-9-8-10-14-21)27(33)30-29-19-20-17-23(34-3)25(36-5)24(18-20)35-4/h8-10,13-14,17-19,22H,6-7,11-12,15-16H2,1-5H3,(H,28,32)(H,30,33)/b29-19+. The van der Waals surface area contributed by atoms with E-state index < -0.39 is 0 Å². The smallest absolute Gasteiger partial charge is 0.257 e. The van der Waals surface area contributed by atoms with Crippen molar-refractivity contribution in [3.8, 4) is 17.2 Å². The zero-order valence-electron chi connectivity index (χ0n) is 21.9. The third-order valence-corrected chi connectivity index (χ3v) is 5.86. The molecular formula is C27H38N4O5. The molecule has 0 spiro atoms. The molecule has 0 aromatic heterocycles. The summed E-state index contributed by atoms with van der Waals surface area (Å²) in [4.78, 5) is 27.3. The summed E-state index contributed by atoms with van der Waals surface area (Å²) in [6, 6.07) is 12.3. The zero-order chi connectivity index (χ0) is 26.3. The molecule has 0 saturated carbocycles.